The summed E-state index contributed by atoms with van der Waals surface area (Å²) in [6, 6.07) is 14.6. The molecular formula is C22H24N6O4S. The van der Waals surface area contributed by atoms with E-state index in [-0.39, 0.29) is 28.8 Å². The minimum absolute atomic E-state index is 0.0346. The molecular weight excluding hydrogens is 444 g/mol. The highest BCUT2D eigenvalue weighted by Gasteiger charge is 2.24. The van der Waals surface area contributed by atoms with Gasteiger partial charge in [0.05, 0.1) is 16.7 Å². The molecule has 10 nitrogen and oxygen atoms in total. The van der Waals surface area contributed by atoms with Crippen molar-refractivity contribution in [3.63, 3.8) is 0 Å². The van der Waals surface area contributed by atoms with E-state index in [1.54, 1.807) is 0 Å². The zero-order chi connectivity index (χ0) is 23.8. The van der Waals surface area contributed by atoms with Gasteiger partial charge in [0, 0.05) is 24.2 Å². The van der Waals surface area contributed by atoms with Crippen LogP contribution in [0.4, 0.5) is 5.69 Å². The Morgan fingerprint density at radius 1 is 1.15 bits per heavy atom. The summed E-state index contributed by atoms with van der Waals surface area (Å²) in [7, 11) is 0. The van der Waals surface area contributed by atoms with Gasteiger partial charge in [-0.1, -0.05) is 62.0 Å². The summed E-state index contributed by atoms with van der Waals surface area (Å²) in [5, 5.41) is 24.0. The van der Waals surface area contributed by atoms with Gasteiger partial charge in [-0.05, 0) is 17.5 Å². The molecule has 0 saturated carbocycles. The Kier molecular flexibility index (Phi) is 8.14. The van der Waals surface area contributed by atoms with Gasteiger partial charge in [-0.3, -0.25) is 24.8 Å². The average Bonchev–Trinajstić information content (AvgIpc) is 3.28. The van der Waals surface area contributed by atoms with Crippen LogP contribution < -0.4 is 10.6 Å². The second-order valence-electron chi connectivity index (χ2n) is 7.56. The fraction of sp³-hybridized carbons (Fsp3) is 0.273. The number of hydrogen-bond donors (Lipinski definition) is 3. The van der Waals surface area contributed by atoms with Crippen molar-refractivity contribution in [1.29, 1.82) is 0 Å². The fourth-order valence-electron chi connectivity index (χ4n) is 2.98. The van der Waals surface area contributed by atoms with Gasteiger partial charge in [-0.25, -0.2) is 4.98 Å². The van der Waals surface area contributed by atoms with Crippen LogP contribution >= 0.6 is 11.8 Å². The van der Waals surface area contributed by atoms with Gasteiger partial charge in [-0.2, -0.15) is 0 Å². The maximum Gasteiger partial charge on any atom is 0.270 e. The summed E-state index contributed by atoms with van der Waals surface area (Å²) in [4.78, 5) is 39.6. The number of nitro benzene ring substituents is 1. The number of non-ortho nitro benzene ring substituents is 1. The van der Waals surface area contributed by atoms with Crippen LogP contribution in [0.3, 0.4) is 0 Å². The molecule has 3 rings (SSSR count). The SMILES string of the molecule is CC(C)[C@@H](NC(=O)c1cccc([N+](=O)[O-])c1)c1nc(SCC(=O)NCc2ccccc2)n[nH]1. The maximum atomic E-state index is 12.7. The summed E-state index contributed by atoms with van der Waals surface area (Å²) in [6.07, 6.45) is 0. The highest BCUT2D eigenvalue weighted by molar-refractivity contribution is 7.99. The molecule has 0 unspecified atom stereocenters. The molecule has 11 heteroatoms. The van der Waals surface area contributed by atoms with Crippen LogP contribution in [0.2, 0.25) is 0 Å². The van der Waals surface area contributed by atoms with Gasteiger partial charge < -0.3 is 10.6 Å². The van der Waals surface area contributed by atoms with Gasteiger partial charge in [0.15, 0.2) is 0 Å². The fourth-order valence-corrected chi connectivity index (χ4v) is 3.61. The van der Waals surface area contributed by atoms with E-state index in [1.807, 2.05) is 44.2 Å². The minimum Gasteiger partial charge on any atom is -0.351 e. The smallest absolute Gasteiger partial charge is 0.270 e. The third kappa shape index (κ3) is 6.88. The van der Waals surface area contributed by atoms with E-state index >= 15 is 0 Å². The number of hydrogen-bond acceptors (Lipinski definition) is 7. The topological polar surface area (TPSA) is 143 Å². The number of amides is 2. The molecule has 2 aromatic carbocycles. The third-order valence-electron chi connectivity index (χ3n) is 4.71. The van der Waals surface area contributed by atoms with Crippen molar-refractivity contribution in [2.45, 2.75) is 31.6 Å². The van der Waals surface area contributed by atoms with Crippen LogP contribution in [0.5, 0.6) is 0 Å². The number of rotatable bonds is 10. The molecule has 2 amide bonds. The Morgan fingerprint density at radius 3 is 2.61 bits per heavy atom. The lowest BCUT2D eigenvalue weighted by atomic mass is 10.0. The third-order valence-corrected chi connectivity index (χ3v) is 5.56. The molecule has 0 aliphatic rings. The largest absolute Gasteiger partial charge is 0.351 e. The van der Waals surface area contributed by atoms with E-state index in [9.17, 15) is 19.7 Å². The Hall–Kier alpha value is -3.73. The number of nitro groups is 1. The Labute approximate surface area is 194 Å². The number of thioether (sulfide) groups is 1. The standard InChI is InChI=1S/C22H24N6O4S/c1-14(2)19(24-21(30)16-9-6-10-17(11-16)28(31)32)20-25-22(27-26-20)33-13-18(29)23-12-15-7-4-3-5-8-15/h3-11,14,19H,12-13H2,1-2H3,(H,23,29)(H,24,30)(H,25,26,27)/t19-/m1/s1. The first-order valence-electron chi connectivity index (χ1n) is 10.2. The van der Waals surface area contributed by atoms with Crippen molar-refractivity contribution in [3.8, 4) is 0 Å². The van der Waals surface area contributed by atoms with Crippen LogP contribution in [-0.4, -0.2) is 37.7 Å². The van der Waals surface area contributed by atoms with Crippen molar-refractivity contribution < 1.29 is 14.5 Å². The van der Waals surface area contributed by atoms with Crippen LogP contribution in [0.25, 0.3) is 0 Å². The normalized spacial score (nSPS) is 11.7. The van der Waals surface area contributed by atoms with E-state index in [2.05, 4.69) is 25.8 Å². The molecule has 0 aliphatic heterocycles. The highest BCUT2D eigenvalue weighted by Crippen LogP contribution is 2.22. The Morgan fingerprint density at radius 2 is 1.91 bits per heavy atom. The van der Waals surface area contributed by atoms with Crippen molar-refractivity contribution in [2.24, 2.45) is 5.92 Å². The van der Waals surface area contributed by atoms with E-state index in [4.69, 9.17) is 0 Å². The molecule has 0 radical (unpaired) electrons. The first kappa shape index (κ1) is 23.9. The maximum absolute atomic E-state index is 12.7. The van der Waals surface area contributed by atoms with Crippen LogP contribution in [0, 0.1) is 16.0 Å². The van der Waals surface area contributed by atoms with Crippen LogP contribution in [-0.2, 0) is 11.3 Å². The number of aromatic nitrogens is 3. The monoisotopic (exact) mass is 468 g/mol. The Balaban J connectivity index is 1.58. The summed E-state index contributed by atoms with van der Waals surface area (Å²) in [5.41, 5.74) is 1.03. The quantitative estimate of drug-likeness (QED) is 0.235. The highest BCUT2D eigenvalue weighted by atomic mass is 32.2. The zero-order valence-electron chi connectivity index (χ0n) is 18.1. The average molecular weight is 469 g/mol. The molecule has 1 aromatic heterocycles. The molecule has 33 heavy (non-hydrogen) atoms. The molecule has 0 aliphatic carbocycles. The number of aromatic amines is 1. The Bertz CT molecular complexity index is 1120. The number of H-pyrrole nitrogens is 1. The first-order valence-corrected chi connectivity index (χ1v) is 11.2. The lowest BCUT2D eigenvalue weighted by Gasteiger charge is -2.19. The van der Waals surface area contributed by atoms with Gasteiger partial charge in [0.2, 0.25) is 11.1 Å². The number of carbonyl (C=O) groups is 2. The molecule has 0 spiro atoms. The molecule has 172 valence electrons. The van der Waals surface area contributed by atoms with E-state index in [0.29, 0.717) is 17.5 Å². The zero-order valence-corrected chi connectivity index (χ0v) is 19.0. The predicted octanol–water partition coefficient (Wildman–Crippen LogP) is 3.25. The summed E-state index contributed by atoms with van der Waals surface area (Å²) < 4.78 is 0. The van der Waals surface area contributed by atoms with Gasteiger partial charge in [-0.15, -0.1) is 5.10 Å². The van der Waals surface area contributed by atoms with Crippen molar-refractivity contribution in [1.82, 2.24) is 25.8 Å². The lowest BCUT2D eigenvalue weighted by molar-refractivity contribution is -0.384. The van der Waals surface area contributed by atoms with Gasteiger partial charge >= 0.3 is 0 Å². The summed E-state index contributed by atoms with van der Waals surface area (Å²) >= 11 is 1.18. The molecule has 0 saturated heterocycles. The number of nitrogens with one attached hydrogen (secondary N) is 3. The number of nitrogens with zero attached hydrogens (tertiary/aromatic N) is 3. The van der Waals surface area contributed by atoms with Gasteiger partial charge in [0.1, 0.15) is 5.82 Å². The van der Waals surface area contributed by atoms with Crippen LogP contribution in [0.15, 0.2) is 59.8 Å². The number of benzene rings is 2. The molecule has 1 atom stereocenters. The molecule has 0 bridgehead atoms. The molecule has 0 fully saturated rings. The molecule has 3 N–H and O–H groups in total. The summed E-state index contributed by atoms with van der Waals surface area (Å²) in [5.74, 6) is -0.0438. The van der Waals surface area contributed by atoms with Crippen molar-refractivity contribution in [3.05, 3.63) is 81.7 Å². The van der Waals surface area contributed by atoms with E-state index in [1.165, 1.54) is 36.0 Å². The molecule has 1 heterocycles. The second-order valence-corrected chi connectivity index (χ2v) is 8.50. The lowest BCUT2D eigenvalue weighted by Crippen LogP contribution is -2.32. The van der Waals surface area contributed by atoms with Crippen molar-refractivity contribution >= 4 is 29.3 Å². The van der Waals surface area contributed by atoms with Gasteiger partial charge in [0.25, 0.3) is 11.6 Å². The van der Waals surface area contributed by atoms with E-state index < -0.39 is 16.9 Å². The number of carbonyl (C=O) groups excluding carboxylic acids is 2. The molecule has 3 aromatic rings. The van der Waals surface area contributed by atoms with E-state index in [0.717, 1.165) is 5.56 Å². The van der Waals surface area contributed by atoms with Crippen molar-refractivity contribution in [2.75, 3.05) is 5.75 Å². The predicted molar refractivity (Wildman–Crippen MR) is 124 cm³/mol. The second kappa shape index (κ2) is 11.2. The summed E-state index contributed by atoms with van der Waals surface area (Å²) in [6.45, 7) is 4.26. The first-order chi connectivity index (χ1) is 15.8. The minimum atomic E-state index is -0.549. The van der Waals surface area contributed by atoms with Crippen LogP contribution in [0.1, 0.15) is 41.6 Å².